The number of anilines is 1. The number of pyridine rings is 1. The van der Waals surface area contributed by atoms with Gasteiger partial charge in [0.1, 0.15) is 5.82 Å². The van der Waals surface area contributed by atoms with E-state index in [0.717, 1.165) is 37.6 Å². The molecule has 4 heteroatoms. The minimum atomic E-state index is -0.294. The predicted octanol–water partition coefficient (Wildman–Crippen LogP) is 6.31. The Balaban J connectivity index is 1.42. The maximum absolute atomic E-state index is 13.1. The molecule has 0 bridgehead atoms. The van der Waals surface area contributed by atoms with Crippen LogP contribution in [0.1, 0.15) is 50.5 Å². The highest BCUT2D eigenvalue weighted by Crippen LogP contribution is 2.41. The standard InChI is InChI=1S/C25H27FN2O/c1-2-21(25(29)28-20-13-11-19(26)12-14-20)17-7-9-18(10-8-17)22-15-16-27-24-6-4-3-5-23(22)24/h3-6,11-18,21H,2,7-10H2,1H3,(H,28,29)/t17-,18+,21-/m1/s1. The first-order valence-electron chi connectivity index (χ1n) is 10.6. The van der Waals surface area contributed by atoms with E-state index in [2.05, 4.69) is 41.5 Å². The van der Waals surface area contributed by atoms with Gasteiger partial charge in [-0.25, -0.2) is 4.39 Å². The predicted molar refractivity (Wildman–Crippen MR) is 115 cm³/mol. The Kier molecular flexibility index (Phi) is 5.89. The Labute approximate surface area is 171 Å². The molecule has 2 aromatic carbocycles. The summed E-state index contributed by atoms with van der Waals surface area (Å²) in [5, 5.41) is 4.22. The summed E-state index contributed by atoms with van der Waals surface area (Å²) < 4.78 is 13.1. The number of benzene rings is 2. The smallest absolute Gasteiger partial charge is 0.227 e. The fourth-order valence-corrected chi connectivity index (χ4v) is 4.81. The SMILES string of the molecule is CC[C@@H](C(=O)Nc1ccc(F)cc1)[C@H]1CC[C@@H](c2ccnc3ccccc32)CC1. The van der Waals surface area contributed by atoms with Gasteiger partial charge in [-0.3, -0.25) is 9.78 Å². The molecule has 0 unspecified atom stereocenters. The van der Waals surface area contributed by atoms with E-state index in [0.29, 0.717) is 17.5 Å². The second-order valence-electron chi connectivity index (χ2n) is 8.04. The summed E-state index contributed by atoms with van der Waals surface area (Å²) in [4.78, 5) is 17.3. The lowest BCUT2D eigenvalue weighted by molar-refractivity contribution is -0.122. The summed E-state index contributed by atoms with van der Waals surface area (Å²) in [6, 6.07) is 16.5. The zero-order chi connectivity index (χ0) is 20.2. The van der Waals surface area contributed by atoms with Crippen LogP contribution in [0.25, 0.3) is 10.9 Å². The highest BCUT2D eigenvalue weighted by atomic mass is 19.1. The second kappa shape index (κ2) is 8.73. The number of halogens is 1. The van der Waals surface area contributed by atoms with Crippen molar-refractivity contribution in [1.82, 2.24) is 4.98 Å². The van der Waals surface area contributed by atoms with E-state index >= 15 is 0 Å². The number of carbonyl (C=O) groups is 1. The molecule has 1 aromatic heterocycles. The molecule has 0 radical (unpaired) electrons. The summed E-state index contributed by atoms with van der Waals surface area (Å²) in [5.41, 5.74) is 3.10. The van der Waals surface area contributed by atoms with Crippen molar-refractivity contribution >= 4 is 22.5 Å². The number of carbonyl (C=O) groups excluding carboxylic acids is 1. The van der Waals surface area contributed by atoms with Crippen molar-refractivity contribution in [2.75, 3.05) is 5.32 Å². The quantitative estimate of drug-likeness (QED) is 0.554. The second-order valence-corrected chi connectivity index (χ2v) is 8.04. The van der Waals surface area contributed by atoms with E-state index in [4.69, 9.17) is 0 Å². The number of rotatable bonds is 5. The lowest BCUT2D eigenvalue weighted by Crippen LogP contribution is -2.31. The van der Waals surface area contributed by atoms with Crippen LogP contribution < -0.4 is 5.32 Å². The third-order valence-corrected chi connectivity index (χ3v) is 6.35. The van der Waals surface area contributed by atoms with Gasteiger partial charge < -0.3 is 5.32 Å². The molecular formula is C25H27FN2O. The molecule has 1 N–H and O–H groups in total. The molecule has 3 aromatic rings. The van der Waals surface area contributed by atoms with Gasteiger partial charge >= 0.3 is 0 Å². The summed E-state index contributed by atoms with van der Waals surface area (Å²) >= 11 is 0. The Morgan fingerprint density at radius 3 is 2.52 bits per heavy atom. The van der Waals surface area contributed by atoms with Crippen LogP contribution in [0, 0.1) is 17.7 Å². The maximum atomic E-state index is 13.1. The molecule has 1 saturated carbocycles. The van der Waals surface area contributed by atoms with Crippen LogP contribution in [0.4, 0.5) is 10.1 Å². The zero-order valence-electron chi connectivity index (χ0n) is 16.8. The van der Waals surface area contributed by atoms with Gasteiger partial charge in [-0.1, -0.05) is 25.1 Å². The van der Waals surface area contributed by atoms with Crippen LogP contribution in [0.2, 0.25) is 0 Å². The third-order valence-electron chi connectivity index (χ3n) is 6.35. The summed E-state index contributed by atoms with van der Waals surface area (Å²) in [7, 11) is 0. The fourth-order valence-electron chi connectivity index (χ4n) is 4.81. The first-order valence-corrected chi connectivity index (χ1v) is 10.6. The van der Waals surface area contributed by atoms with Gasteiger partial charge in [0.2, 0.25) is 5.91 Å². The largest absolute Gasteiger partial charge is 0.326 e. The van der Waals surface area contributed by atoms with Crippen LogP contribution in [-0.2, 0) is 4.79 Å². The molecular weight excluding hydrogens is 363 g/mol. The lowest BCUT2D eigenvalue weighted by Gasteiger charge is -2.33. The number of aromatic nitrogens is 1. The van der Waals surface area contributed by atoms with Gasteiger partial charge in [0.25, 0.3) is 0 Å². The Morgan fingerprint density at radius 1 is 1.07 bits per heavy atom. The lowest BCUT2D eigenvalue weighted by atomic mass is 9.72. The fraction of sp³-hybridized carbons (Fsp3) is 0.360. The van der Waals surface area contributed by atoms with Crippen LogP contribution in [0.5, 0.6) is 0 Å². The zero-order valence-corrected chi connectivity index (χ0v) is 16.8. The van der Waals surface area contributed by atoms with Crippen molar-refractivity contribution in [3.05, 3.63) is 72.2 Å². The number of fused-ring (bicyclic) bond motifs is 1. The van der Waals surface area contributed by atoms with E-state index in [1.165, 1.54) is 23.1 Å². The molecule has 4 rings (SSSR count). The van der Waals surface area contributed by atoms with Gasteiger partial charge in [-0.15, -0.1) is 0 Å². The van der Waals surface area contributed by atoms with Gasteiger partial charge in [0.15, 0.2) is 0 Å². The van der Waals surface area contributed by atoms with Crippen molar-refractivity contribution in [2.45, 2.75) is 44.9 Å². The summed E-state index contributed by atoms with van der Waals surface area (Å²) in [5.74, 6) is 0.672. The highest BCUT2D eigenvalue weighted by molar-refractivity contribution is 5.92. The van der Waals surface area contributed by atoms with Crippen molar-refractivity contribution in [1.29, 1.82) is 0 Å². The molecule has 0 aliphatic heterocycles. The van der Waals surface area contributed by atoms with Crippen LogP contribution >= 0.6 is 0 Å². The molecule has 29 heavy (non-hydrogen) atoms. The average molecular weight is 391 g/mol. The molecule has 1 aliphatic carbocycles. The average Bonchev–Trinajstić information content (AvgIpc) is 2.76. The molecule has 1 fully saturated rings. The van der Waals surface area contributed by atoms with Crippen molar-refractivity contribution in [2.24, 2.45) is 11.8 Å². The van der Waals surface area contributed by atoms with Gasteiger partial charge in [-0.2, -0.15) is 0 Å². The van der Waals surface area contributed by atoms with Crippen molar-refractivity contribution in [3.8, 4) is 0 Å². The first-order chi connectivity index (χ1) is 14.2. The maximum Gasteiger partial charge on any atom is 0.227 e. The molecule has 1 heterocycles. The molecule has 1 amide bonds. The molecule has 1 aliphatic rings. The van der Waals surface area contributed by atoms with Crippen molar-refractivity contribution in [3.63, 3.8) is 0 Å². The molecule has 0 spiro atoms. The van der Waals surface area contributed by atoms with E-state index in [-0.39, 0.29) is 17.6 Å². The van der Waals surface area contributed by atoms with Gasteiger partial charge in [0, 0.05) is 23.2 Å². The van der Waals surface area contributed by atoms with Gasteiger partial charge in [-0.05, 0) is 85.9 Å². The van der Waals surface area contributed by atoms with E-state index in [1.54, 1.807) is 12.1 Å². The highest BCUT2D eigenvalue weighted by Gasteiger charge is 2.32. The summed E-state index contributed by atoms with van der Waals surface area (Å²) in [6.07, 6.45) is 7.03. The van der Waals surface area contributed by atoms with E-state index in [9.17, 15) is 9.18 Å². The van der Waals surface area contributed by atoms with Crippen molar-refractivity contribution < 1.29 is 9.18 Å². The number of nitrogens with one attached hydrogen (secondary N) is 1. The van der Waals surface area contributed by atoms with E-state index < -0.39 is 0 Å². The minimum Gasteiger partial charge on any atom is -0.326 e. The number of nitrogens with zero attached hydrogens (tertiary/aromatic N) is 1. The molecule has 0 saturated heterocycles. The number of hydrogen-bond donors (Lipinski definition) is 1. The van der Waals surface area contributed by atoms with Crippen LogP contribution in [-0.4, -0.2) is 10.9 Å². The minimum absolute atomic E-state index is 0.00446. The Morgan fingerprint density at radius 2 is 1.79 bits per heavy atom. The first kappa shape index (κ1) is 19.6. The van der Waals surface area contributed by atoms with E-state index in [1.807, 2.05) is 12.3 Å². The number of amides is 1. The monoisotopic (exact) mass is 390 g/mol. The molecule has 150 valence electrons. The van der Waals surface area contributed by atoms with Gasteiger partial charge in [0.05, 0.1) is 5.52 Å². The number of hydrogen-bond acceptors (Lipinski definition) is 2. The third kappa shape index (κ3) is 4.31. The van der Waals surface area contributed by atoms with Crippen LogP contribution in [0.15, 0.2) is 60.8 Å². The topological polar surface area (TPSA) is 42.0 Å². The molecule has 3 nitrogen and oxygen atoms in total. The Bertz CT molecular complexity index is 972. The number of para-hydroxylation sites is 1. The molecule has 1 atom stereocenters. The van der Waals surface area contributed by atoms with Crippen LogP contribution in [0.3, 0.4) is 0 Å². The Hall–Kier alpha value is -2.75. The summed E-state index contributed by atoms with van der Waals surface area (Å²) in [6.45, 7) is 2.08. The normalized spacial score (nSPS) is 20.3.